The molecule has 1 saturated heterocycles. The zero-order valence-electron chi connectivity index (χ0n) is 16.2. The molecule has 0 spiro atoms. The summed E-state index contributed by atoms with van der Waals surface area (Å²) in [4.78, 5) is 2.44. The smallest absolute Gasteiger partial charge is 0.0991 e. The topological polar surface area (TPSA) is 27.0 Å². The summed E-state index contributed by atoms with van der Waals surface area (Å²) in [7, 11) is 0. The van der Waals surface area contributed by atoms with Gasteiger partial charge in [-0.25, -0.2) is 0 Å². The molecule has 1 fully saturated rings. The van der Waals surface area contributed by atoms with Gasteiger partial charge in [0.2, 0.25) is 0 Å². The third-order valence-corrected chi connectivity index (χ3v) is 5.76. The SMILES string of the molecule is C=C(c1cc(CC)c(C)cc1C)N1CCC(c2ccc(C#N)cc2)CC1. The monoisotopic (exact) mass is 344 g/mol. The molecule has 0 bridgehead atoms. The number of hydrogen-bond donors (Lipinski definition) is 0. The van der Waals surface area contributed by atoms with Gasteiger partial charge >= 0.3 is 0 Å². The van der Waals surface area contributed by atoms with E-state index in [4.69, 9.17) is 5.26 Å². The average Bonchev–Trinajstić information content (AvgIpc) is 2.68. The highest BCUT2D eigenvalue weighted by Gasteiger charge is 2.22. The van der Waals surface area contributed by atoms with Gasteiger partial charge in [0.25, 0.3) is 0 Å². The summed E-state index contributed by atoms with van der Waals surface area (Å²) in [6.45, 7) is 13.1. The van der Waals surface area contributed by atoms with Crippen LogP contribution < -0.4 is 0 Å². The standard InChI is InChI=1S/C24H28N2/c1-5-21-15-24(18(3)14-17(21)2)19(4)26-12-10-23(11-13-26)22-8-6-20(16-25)7-9-22/h6-9,14-15,23H,4-5,10-13H2,1-3H3. The summed E-state index contributed by atoms with van der Waals surface area (Å²) >= 11 is 0. The first-order valence-corrected chi connectivity index (χ1v) is 9.58. The molecule has 3 rings (SSSR count). The molecule has 0 aromatic heterocycles. The predicted molar refractivity (Wildman–Crippen MR) is 109 cm³/mol. The van der Waals surface area contributed by atoms with E-state index in [1.54, 1.807) is 0 Å². The minimum atomic E-state index is 0.581. The van der Waals surface area contributed by atoms with Crippen LogP contribution in [0.5, 0.6) is 0 Å². The van der Waals surface area contributed by atoms with Gasteiger partial charge in [-0.1, -0.05) is 31.7 Å². The molecule has 0 atom stereocenters. The van der Waals surface area contributed by atoms with E-state index >= 15 is 0 Å². The van der Waals surface area contributed by atoms with E-state index in [1.807, 2.05) is 12.1 Å². The van der Waals surface area contributed by atoms with Crippen molar-refractivity contribution in [3.05, 3.63) is 76.4 Å². The Hall–Kier alpha value is -2.53. The van der Waals surface area contributed by atoms with Gasteiger partial charge < -0.3 is 4.90 Å². The van der Waals surface area contributed by atoms with Gasteiger partial charge in [-0.3, -0.25) is 0 Å². The first-order chi connectivity index (χ1) is 12.5. The molecule has 1 aliphatic rings. The van der Waals surface area contributed by atoms with Gasteiger partial charge in [-0.15, -0.1) is 0 Å². The van der Waals surface area contributed by atoms with E-state index in [0.29, 0.717) is 5.92 Å². The second kappa shape index (κ2) is 7.79. The molecular weight excluding hydrogens is 316 g/mol. The second-order valence-electron chi connectivity index (χ2n) is 7.39. The number of benzene rings is 2. The Labute approximate surface area is 157 Å². The van der Waals surface area contributed by atoms with Crippen molar-refractivity contribution in [2.24, 2.45) is 0 Å². The second-order valence-corrected chi connectivity index (χ2v) is 7.39. The van der Waals surface area contributed by atoms with Crippen molar-refractivity contribution in [3.63, 3.8) is 0 Å². The van der Waals surface area contributed by atoms with E-state index < -0.39 is 0 Å². The van der Waals surface area contributed by atoms with Crippen LogP contribution >= 0.6 is 0 Å². The quantitative estimate of drug-likeness (QED) is 0.723. The molecule has 0 amide bonds. The van der Waals surface area contributed by atoms with Crippen molar-refractivity contribution in [2.45, 2.75) is 46.0 Å². The Morgan fingerprint density at radius 3 is 2.35 bits per heavy atom. The van der Waals surface area contributed by atoms with E-state index in [1.165, 1.54) is 27.8 Å². The van der Waals surface area contributed by atoms with E-state index in [-0.39, 0.29) is 0 Å². The fourth-order valence-corrected chi connectivity index (χ4v) is 4.07. The van der Waals surface area contributed by atoms with Crippen LogP contribution in [0.1, 0.15) is 59.1 Å². The molecule has 2 heteroatoms. The van der Waals surface area contributed by atoms with Gasteiger partial charge in [0.05, 0.1) is 11.6 Å². The van der Waals surface area contributed by atoms with Crippen LogP contribution in [0.4, 0.5) is 0 Å². The maximum Gasteiger partial charge on any atom is 0.0991 e. The number of piperidine rings is 1. The van der Waals surface area contributed by atoms with Gasteiger partial charge in [0.15, 0.2) is 0 Å². The average molecular weight is 345 g/mol. The Balaban J connectivity index is 1.69. The van der Waals surface area contributed by atoms with Crippen LogP contribution in [0.25, 0.3) is 5.70 Å². The van der Waals surface area contributed by atoms with Crippen LogP contribution in [0.3, 0.4) is 0 Å². The molecule has 2 aromatic rings. The molecule has 0 unspecified atom stereocenters. The lowest BCUT2D eigenvalue weighted by Gasteiger charge is -2.35. The van der Waals surface area contributed by atoms with Gasteiger partial charge in [0.1, 0.15) is 0 Å². The van der Waals surface area contributed by atoms with Crippen LogP contribution in [0.15, 0.2) is 43.0 Å². The van der Waals surface area contributed by atoms with Crippen LogP contribution in [0, 0.1) is 25.2 Å². The van der Waals surface area contributed by atoms with Crippen LogP contribution in [-0.2, 0) is 6.42 Å². The van der Waals surface area contributed by atoms with E-state index in [9.17, 15) is 0 Å². The number of hydrogen-bond acceptors (Lipinski definition) is 2. The third kappa shape index (κ3) is 3.68. The van der Waals surface area contributed by atoms with Crippen molar-refractivity contribution in [1.29, 1.82) is 5.26 Å². The number of aryl methyl sites for hydroxylation is 3. The van der Waals surface area contributed by atoms with Crippen LogP contribution in [0.2, 0.25) is 0 Å². The fourth-order valence-electron chi connectivity index (χ4n) is 4.07. The van der Waals surface area contributed by atoms with Crippen LogP contribution in [-0.4, -0.2) is 18.0 Å². The summed E-state index contributed by atoms with van der Waals surface area (Å²) in [5.41, 5.74) is 8.66. The molecule has 1 heterocycles. The van der Waals surface area contributed by atoms with Crippen molar-refractivity contribution in [1.82, 2.24) is 4.90 Å². The van der Waals surface area contributed by atoms with Crippen molar-refractivity contribution in [3.8, 4) is 6.07 Å². The van der Waals surface area contributed by atoms with Gasteiger partial charge in [0, 0.05) is 24.4 Å². The highest BCUT2D eigenvalue weighted by Crippen LogP contribution is 2.33. The zero-order chi connectivity index (χ0) is 18.7. The number of likely N-dealkylation sites (tertiary alicyclic amines) is 1. The first-order valence-electron chi connectivity index (χ1n) is 9.58. The summed E-state index contributed by atoms with van der Waals surface area (Å²) < 4.78 is 0. The Morgan fingerprint density at radius 2 is 1.77 bits per heavy atom. The van der Waals surface area contributed by atoms with Crippen molar-refractivity contribution >= 4 is 5.70 Å². The number of rotatable bonds is 4. The normalized spacial score (nSPS) is 14.9. The predicted octanol–water partition coefficient (Wildman–Crippen LogP) is 5.59. The number of nitriles is 1. The summed E-state index contributed by atoms with van der Waals surface area (Å²) in [5.74, 6) is 0.581. The van der Waals surface area contributed by atoms with Crippen molar-refractivity contribution < 1.29 is 0 Å². The zero-order valence-corrected chi connectivity index (χ0v) is 16.2. The maximum atomic E-state index is 8.95. The largest absolute Gasteiger partial charge is 0.371 e. The first kappa shape index (κ1) is 18.3. The molecule has 2 aromatic carbocycles. The lowest BCUT2D eigenvalue weighted by molar-refractivity contribution is 0.299. The fraction of sp³-hybridized carbons (Fsp3) is 0.375. The van der Waals surface area contributed by atoms with E-state index in [2.05, 4.69) is 62.6 Å². The Kier molecular flexibility index (Phi) is 5.47. The lowest BCUT2D eigenvalue weighted by Crippen LogP contribution is -2.31. The molecular formula is C24H28N2. The Morgan fingerprint density at radius 1 is 1.12 bits per heavy atom. The molecule has 0 N–H and O–H groups in total. The molecule has 0 aliphatic carbocycles. The maximum absolute atomic E-state index is 8.95. The summed E-state index contributed by atoms with van der Waals surface area (Å²) in [6, 6.07) is 14.9. The molecule has 1 aliphatic heterocycles. The summed E-state index contributed by atoms with van der Waals surface area (Å²) in [6.07, 6.45) is 3.33. The lowest BCUT2D eigenvalue weighted by atomic mass is 9.88. The molecule has 2 nitrogen and oxygen atoms in total. The molecule has 0 saturated carbocycles. The highest BCUT2D eigenvalue weighted by atomic mass is 15.1. The molecule has 26 heavy (non-hydrogen) atoms. The Bertz CT molecular complexity index is 832. The minimum absolute atomic E-state index is 0.581. The van der Waals surface area contributed by atoms with E-state index in [0.717, 1.165) is 43.6 Å². The minimum Gasteiger partial charge on any atom is -0.371 e. The molecule has 134 valence electrons. The van der Waals surface area contributed by atoms with Gasteiger partial charge in [-0.2, -0.15) is 5.26 Å². The third-order valence-electron chi connectivity index (χ3n) is 5.76. The molecule has 0 radical (unpaired) electrons. The van der Waals surface area contributed by atoms with Crippen molar-refractivity contribution in [2.75, 3.05) is 13.1 Å². The summed E-state index contributed by atoms with van der Waals surface area (Å²) in [5, 5.41) is 8.95. The highest BCUT2D eigenvalue weighted by molar-refractivity contribution is 5.66. The van der Waals surface area contributed by atoms with Gasteiger partial charge in [-0.05, 0) is 79.5 Å². The number of nitrogens with zero attached hydrogens (tertiary/aromatic N) is 2.